The summed E-state index contributed by atoms with van der Waals surface area (Å²) in [4.78, 5) is 55.3. The fraction of sp³-hybridized carbons (Fsp3) is 0.269. The van der Waals surface area contributed by atoms with E-state index < -0.39 is 29.4 Å². The van der Waals surface area contributed by atoms with Gasteiger partial charge in [0.2, 0.25) is 0 Å². The number of carbonyl (C=O) groups is 4. The fourth-order valence-corrected chi connectivity index (χ4v) is 5.37. The summed E-state index contributed by atoms with van der Waals surface area (Å²) in [6.07, 6.45) is 3.26. The lowest BCUT2D eigenvalue weighted by Crippen LogP contribution is -2.55. The van der Waals surface area contributed by atoms with Crippen molar-refractivity contribution < 1.29 is 23.9 Å². The molecule has 0 spiro atoms. The van der Waals surface area contributed by atoms with Gasteiger partial charge in [-0.2, -0.15) is 0 Å². The van der Waals surface area contributed by atoms with E-state index in [-0.39, 0.29) is 18.2 Å². The minimum absolute atomic E-state index is 0.0115. The van der Waals surface area contributed by atoms with Crippen LogP contribution in [0.1, 0.15) is 36.8 Å². The Morgan fingerprint density at radius 1 is 1.10 bits per heavy atom. The Bertz CT molecular complexity index is 1350. The van der Waals surface area contributed by atoms with Crippen LogP contribution in [0.3, 0.4) is 0 Å². The molecule has 3 aromatic rings. The van der Waals surface area contributed by atoms with Gasteiger partial charge in [0.15, 0.2) is 6.29 Å². The number of aromatic nitrogens is 3. The average Bonchev–Trinajstić information content (AvgIpc) is 3.65. The van der Waals surface area contributed by atoms with Gasteiger partial charge in [-0.05, 0) is 47.1 Å². The van der Waals surface area contributed by atoms with Crippen LogP contribution in [0, 0.1) is 5.92 Å². The third-order valence-electron chi connectivity index (χ3n) is 5.75. The highest BCUT2D eigenvalue weighted by atomic mass is 32.2. The highest BCUT2D eigenvalue weighted by Gasteiger charge is 2.34. The quantitative estimate of drug-likeness (QED) is 0.253. The zero-order valence-corrected chi connectivity index (χ0v) is 23.3. The van der Waals surface area contributed by atoms with Crippen molar-refractivity contribution in [1.29, 1.82) is 0 Å². The zero-order chi connectivity index (χ0) is 28.5. The minimum atomic E-state index is -0.970. The Balaban J connectivity index is 1.37. The summed E-state index contributed by atoms with van der Waals surface area (Å²) in [6.45, 7) is 3.80. The van der Waals surface area contributed by atoms with Crippen LogP contribution in [0.5, 0.6) is 0 Å². The van der Waals surface area contributed by atoms with E-state index in [1.807, 2.05) is 43.5 Å². The number of amides is 4. The number of allylic oxidation sites excluding steroid dienone is 1. The number of carbonyl (C=O) groups excluding carboxylic acids is 4. The molecule has 208 valence electrons. The van der Waals surface area contributed by atoms with Crippen LogP contribution < -0.4 is 16.2 Å². The third-order valence-corrected chi connectivity index (χ3v) is 7.37. The number of hydrogen-bond acceptors (Lipinski definition) is 10. The molecule has 0 fully saturated rings. The van der Waals surface area contributed by atoms with E-state index in [0.717, 1.165) is 22.4 Å². The number of nitrogens with zero attached hydrogens (tertiary/aromatic N) is 4. The smallest absolute Gasteiger partial charge is 0.408 e. The van der Waals surface area contributed by atoms with E-state index >= 15 is 0 Å². The summed E-state index contributed by atoms with van der Waals surface area (Å²) in [5.74, 6) is -0.580. The van der Waals surface area contributed by atoms with Crippen molar-refractivity contribution in [2.24, 2.45) is 5.92 Å². The molecule has 1 aromatic carbocycles. The molecule has 2 aromatic heterocycles. The maximum atomic E-state index is 13.1. The molecule has 14 heteroatoms. The summed E-state index contributed by atoms with van der Waals surface area (Å²) in [5, 5.41) is 9.48. The molecule has 0 bridgehead atoms. The van der Waals surface area contributed by atoms with Crippen molar-refractivity contribution in [3.05, 3.63) is 76.4 Å². The molecular weight excluding hydrogens is 554 g/mol. The van der Waals surface area contributed by atoms with Crippen LogP contribution in [-0.4, -0.2) is 49.8 Å². The normalized spacial score (nSPS) is 15.2. The number of pyridine rings is 1. The van der Waals surface area contributed by atoms with Gasteiger partial charge in [-0.3, -0.25) is 24.9 Å². The fourth-order valence-electron chi connectivity index (χ4n) is 3.81. The number of thioether (sulfide) groups is 1. The number of rotatable bonds is 9. The predicted molar refractivity (Wildman–Crippen MR) is 149 cm³/mol. The van der Waals surface area contributed by atoms with Gasteiger partial charge in [0.25, 0.3) is 5.91 Å². The van der Waals surface area contributed by atoms with Gasteiger partial charge in [-0.15, -0.1) is 16.9 Å². The Morgan fingerprint density at radius 3 is 2.50 bits per heavy atom. The summed E-state index contributed by atoms with van der Waals surface area (Å²) in [5.41, 5.74) is 8.00. The number of hydrazine groups is 1. The number of aldehydes is 1. The molecule has 4 rings (SSSR count). The monoisotopic (exact) mass is 581 g/mol. The largest absolute Gasteiger partial charge is 0.445 e. The van der Waals surface area contributed by atoms with Crippen LogP contribution in [-0.2, 0) is 20.9 Å². The number of nitrogens with one attached hydrogen (secondary N) is 3. The first-order valence-corrected chi connectivity index (χ1v) is 14.0. The Hall–Kier alpha value is -4.30. The van der Waals surface area contributed by atoms with Crippen molar-refractivity contribution in [3.63, 3.8) is 0 Å². The SMILES string of the molecule is CC(C)C[C@H](NC(=O)OCc1ccncc1)C(=O)NNC(=O)N1C(C=O)=CSC1c1ccc(-c2csnn2)cc1. The molecule has 2 atom stereocenters. The summed E-state index contributed by atoms with van der Waals surface area (Å²) in [7, 11) is 0. The van der Waals surface area contributed by atoms with Crippen LogP contribution in [0.15, 0.2) is 65.3 Å². The van der Waals surface area contributed by atoms with Gasteiger partial charge in [-0.25, -0.2) is 15.0 Å². The first-order valence-electron chi connectivity index (χ1n) is 12.2. The zero-order valence-electron chi connectivity index (χ0n) is 21.6. The lowest BCUT2D eigenvalue weighted by Gasteiger charge is -2.26. The molecule has 3 N–H and O–H groups in total. The summed E-state index contributed by atoms with van der Waals surface area (Å²) < 4.78 is 9.08. The van der Waals surface area contributed by atoms with Crippen LogP contribution in [0.2, 0.25) is 0 Å². The molecule has 12 nitrogen and oxygen atoms in total. The molecule has 4 amide bonds. The second kappa shape index (κ2) is 13.7. The standard InChI is InChI=1S/C26H27N7O5S2/c1-16(2)11-21(28-26(37)38-13-17-7-9-27-10-8-17)23(35)30-31-25(36)33-20(12-34)14-39-24(33)19-5-3-18(4-6-19)22-15-40-32-29-22/h3-10,12,14-16,21,24H,11,13H2,1-2H3,(H,28,37)(H,30,35)(H,31,36)/t21-,24?/m0/s1. The Kier molecular flexibility index (Phi) is 9.81. The summed E-state index contributed by atoms with van der Waals surface area (Å²) >= 11 is 2.53. The summed E-state index contributed by atoms with van der Waals surface area (Å²) in [6, 6.07) is 9.14. The maximum absolute atomic E-state index is 13.1. The van der Waals surface area contributed by atoms with Crippen molar-refractivity contribution in [3.8, 4) is 11.3 Å². The van der Waals surface area contributed by atoms with Crippen LogP contribution in [0.4, 0.5) is 9.59 Å². The number of benzene rings is 1. The van der Waals surface area contributed by atoms with Crippen molar-refractivity contribution in [2.45, 2.75) is 38.3 Å². The lowest BCUT2D eigenvalue weighted by molar-refractivity contribution is -0.124. The molecular formula is C26H27N7O5S2. The topological polar surface area (TPSA) is 156 Å². The van der Waals surface area contributed by atoms with Gasteiger partial charge in [0.1, 0.15) is 23.7 Å². The molecule has 0 aliphatic carbocycles. The van der Waals surface area contributed by atoms with E-state index in [2.05, 4.69) is 30.7 Å². The van der Waals surface area contributed by atoms with Crippen molar-refractivity contribution in [1.82, 2.24) is 35.6 Å². The van der Waals surface area contributed by atoms with Gasteiger partial charge in [-0.1, -0.05) is 42.6 Å². The maximum Gasteiger partial charge on any atom is 0.408 e. The second-order valence-corrected chi connectivity index (χ2v) is 10.7. The van der Waals surface area contributed by atoms with Crippen molar-refractivity contribution >= 4 is 47.6 Å². The Morgan fingerprint density at radius 2 is 1.85 bits per heavy atom. The van der Waals surface area contributed by atoms with Crippen LogP contribution in [0.25, 0.3) is 11.3 Å². The first-order chi connectivity index (χ1) is 19.4. The molecule has 1 aliphatic heterocycles. The molecule has 0 saturated heterocycles. The molecule has 40 heavy (non-hydrogen) atoms. The number of hydrogen-bond donors (Lipinski definition) is 3. The molecule has 0 saturated carbocycles. The highest BCUT2D eigenvalue weighted by molar-refractivity contribution is 8.02. The third kappa shape index (κ3) is 7.42. The molecule has 1 unspecified atom stereocenters. The van der Waals surface area contributed by atoms with Gasteiger partial charge < -0.3 is 10.1 Å². The number of ether oxygens (including phenoxy) is 1. The predicted octanol–water partition coefficient (Wildman–Crippen LogP) is 3.77. The Labute approximate surface area is 238 Å². The van der Waals surface area contributed by atoms with Gasteiger partial charge >= 0.3 is 12.1 Å². The van der Waals surface area contributed by atoms with E-state index in [4.69, 9.17) is 4.74 Å². The van der Waals surface area contributed by atoms with Gasteiger partial charge in [0, 0.05) is 28.7 Å². The minimum Gasteiger partial charge on any atom is -0.445 e. The van der Waals surface area contributed by atoms with Gasteiger partial charge in [0.05, 0.1) is 5.70 Å². The molecule has 0 radical (unpaired) electrons. The van der Waals surface area contributed by atoms with E-state index in [9.17, 15) is 19.2 Å². The number of urea groups is 1. The van der Waals surface area contributed by atoms with E-state index in [1.54, 1.807) is 29.9 Å². The average molecular weight is 582 g/mol. The van der Waals surface area contributed by atoms with Crippen molar-refractivity contribution in [2.75, 3.05) is 0 Å². The van der Waals surface area contributed by atoms with E-state index in [0.29, 0.717) is 12.7 Å². The van der Waals surface area contributed by atoms with E-state index in [1.165, 1.54) is 28.2 Å². The first kappa shape index (κ1) is 28.7. The van der Waals surface area contributed by atoms with Crippen LogP contribution >= 0.6 is 23.3 Å². The lowest BCUT2D eigenvalue weighted by atomic mass is 10.0. The molecule has 3 heterocycles. The highest BCUT2D eigenvalue weighted by Crippen LogP contribution is 2.42. The number of alkyl carbamates (subject to hydrolysis) is 1. The molecule has 1 aliphatic rings. The second-order valence-electron chi connectivity index (χ2n) is 9.11.